The number of nitrogens with zero attached hydrogens (tertiary/aromatic N) is 2. The van der Waals surface area contributed by atoms with Crippen LogP contribution in [0.25, 0.3) is 0 Å². The van der Waals surface area contributed by atoms with Crippen LogP contribution in [-0.4, -0.2) is 45.3 Å². The van der Waals surface area contributed by atoms with E-state index in [9.17, 15) is 24.5 Å². The Morgan fingerprint density at radius 3 is 2.55 bits per heavy atom. The molecule has 0 spiro atoms. The SMILES string of the molecule is C[C@@H](N)C(=O)N1[C@@H](c2ccc(Cl)c([N+](=O)[O-])c2)NC(=O)C[C@H]1C(=O)OC(C)(C)C. The van der Waals surface area contributed by atoms with Gasteiger partial charge in [0, 0.05) is 11.6 Å². The molecule has 0 aromatic heterocycles. The summed E-state index contributed by atoms with van der Waals surface area (Å²) in [6, 6.07) is 1.64. The molecule has 11 heteroatoms. The summed E-state index contributed by atoms with van der Waals surface area (Å²) in [5.74, 6) is -1.91. The number of hydrogen-bond acceptors (Lipinski definition) is 7. The highest BCUT2D eigenvalue weighted by atomic mass is 35.5. The Labute approximate surface area is 172 Å². The van der Waals surface area contributed by atoms with Gasteiger partial charge in [-0.15, -0.1) is 0 Å². The van der Waals surface area contributed by atoms with E-state index < -0.39 is 52.2 Å². The van der Waals surface area contributed by atoms with E-state index in [0.29, 0.717) is 0 Å². The fraction of sp³-hybridized carbons (Fsp3) is 0.500. The average molecular weight is 427 g/mol. The van der Waals surface area contributed by atoms with Gasteiger partial charge in [0.05, 0.1) is 17.4 Å². The molecule has 2 rings (SSSR count). The van der Waals surface area contributed by atoms with Crippen molar-refractivity contribution >= 4 is 35.1 Å². The molecule has 1 aromatic carbocycles. The number of halogens is 1. The maximum atomic E-state index is 12.8. The number of nitrogens with two attached hydrogens (primary N) is 1. The van der Waals surface area contributed by atoms with Gasteiger partial charge in [-0.05, 0) is 33.8 Å². The Morgan fingerprint density at radius 2 is 2.03 bits per heavy atom. The van der Waals surface area contributed by atoms with Crippen molar-refractivity contribution in [1.82, 2.24) is 10.2 Å². The molecular weight excluding hydrogens is 404 g/mol. The van der Waals surface area contributed by atoms with Crippen molar-refractivity contribution in [3.05, 3.63) is 38.9 Å². The fourth-order valence-electron chi connectivity index (χ4n) is 2.90. The molecule has 1 aromatic rings. The monoisotopic (exact) mass is 426 g/mol. The molecule has 158 valence electrons. The molecule has 2 amide bonds. The van der Waals surface area contributed by atoms with Crippen molar-refractivity contribution in [2.24, 2.45) is 5.73 Å². The molecule has 1 fully saturated rings. The van der Waals surface area contributed by atoms with Crippen molar-refractivity contribution in [3.63, 3.8) is 0 Å². The number of ether oxygens (including phenoxy) is 1. The van der Waals surface area contributed by atoms with Gasteiger partial charge in [0.15, 0.2) is 0 Å². The average Bonchev–Trinajstić information content (AvgIpc) is 2.59. The Morgan fingerprint density at radius 1 is 1.41 bits per heavy atom. The van der Waals surface area contributed by atoms with Crippen LogP contribution < -0.4 is 11.1 Å². The second-order valence-electron chi connectivity index (χ2n) is 7.73. The molecule has 0 unspecified atom stereocenters. The summed E-state index contributed by atoms with van der Waals surface area (Å²) in [6.07, 6.45) is -1.47. The van der Waals surface area contributed by atoms with E-state index in [1.54, 1.807) is 20.8 Å². The van der Waals surface area contributed by atoms with Crippen LogP contribution in [0.5, 0.6) is 0 Å². The van der Waals surface area contributed by atoms with Gasteiger partial charge >= 0.3 is 5.97 Å². The van der Waals surface area contributed by atoms with Crippen LogP contribution in [0.4, 0.5) is 5.69 Å². The highest BCUT2D eigenvalue weighted by Crippen LogP contribution is 2.33. The molecule has 3 N–H and O–H groups in total. The van der Waals surface area contributed by atoms with Gasteiger partial charge in [-0.3, -0.25) is 19.7 Å². The van der Waals surface area contributed by atoms with Crippen LogP contribution in [0.1, 0.15) is 45.8 Å². The summed E-state index contributed by atoms with van der Waals surface area (Å²) in [5, 5.41) is 13.7. The van der Waals surface area contributed by atoms with Gasteiger partial charge in [-0.2, -0.15) is 0 Å². The van der Waals surface area contributed by atoms with Gasteiger partial charge < -0.3 is 20.7 Å². The molecule has 0 radical (unpaired) electrons. The first-order valence-electron chi connectivity index (χ1n) is 8.85. The molecular formula is C18H23ClN4O6. The summed E-state index contributed by atoms with van der Waals surface area (Å²) < 4.78 is 5.37. The lowest BCUT2D eigenvalue weighted by Crippen LogP contribution is -2.61. The first-order chi connectivity index (χ1) is 13.3. The molecule has 1 aliphatic heterocycles. The maximum absolute atomic E-state index is 12.8. The Kier molecular flexibility index (Phi) is 6.49. The van der Waals surface area contributed by atoms with E-state index in [1.807, 2.05) is 0 Å². The van der Waals surface area contributed by atoms with Crippen LogP contribution in [0.3, 0.4) is 0 Å². The first-order valence-corrected chi connectivity index (χ1v) is 9.23. The number of carbonyl (C=O) groups excluding carboxylic acids is 3. The largest absolute Gasteiger partial charge is 0.458 e. The van der Waals surface area contributed by atoms with Gasteiger partial charge in [0.25, 0.3) is 5.69 Å². The third-order valence-corrected chi connectivity index (χ3v) is 4.42. The second kappa shape index (κ2) is 8.34. The molecule has 0 bridgehead atoms. The third-order valence-electron chi connectivity index (χ3n) is 4.10. The molecule has 10 nitrogen and oxygen atoms in total. The standard InChI is InChI=1S/C18H23ClN4O6/c1-9(20)16(25)22-13(17(26)29-18(2,3)4)8-14(24)21-15(22)10-5-6-11(19)12(7-10)23(27)28/h5-7,9,13,15H,8,20H2,1-4H3,(H,21,24)/t9-,13+,15+/m1/s1. The smallest absolute Gasteiger partial charge is 0.330 e. The van der Waals surface area contributed by atoms with Gasteiger partial charge in [-0.25, -0.2) is 4.79 Å². The molecule has 1 heterocycles. The van der Waals surface area contributed by atoms with E-state index in [4.69, 9.17) is 22.1 Å². The molecule has 0 aliphatic carbocycles. The van der Waals surface area contributed by atoms with Crippen molar-refractivity contribution in [1.29, 1.82) is 0 Å². The van der Waals surface area contributed by atoms with Crippen molar-refractivity contribution < 1.29 is 24.0 Å². The van der Waals surface area contributed by atoms with Crippen LogP contribution in [0, 0.1) is 10.1 Å². The highest BCUT2D eigenvalue weighted by molar-refractivity contribution is 6.32. The summed E-state index contributed by atoms with van der Waals surface area (Å²) in [7, 11) is 0. The van der Waals surface area contributed by atoms with E-state index >= 15 is 0 Å². The van der Waals surface area contributed by atoms with Crippen LogP contribution in [0.15, 0.2) is 18.2 Å². The van der Waals surface area contributed by atoms with Crippen molar-refractivity contribution in [2.75, 3.05) is 0 Å². The molecule has 3 atom stereocenters. The third kappa shape index (κ3) is 5.21. The highest BCUT2D eigenvalue weighted by Gasteiger charge is 2.44. The zero-order chi connectivity index (χ0) is 22.1. The minimum atomic E-state index is -1.23. The molecule has 0 saturated carbocycles. The van der Waals surface area contributed by atoms with Gasteiger partial charge in [0.1, 0.15) is 22.8 Å². The first kappa shape index (κ1) is 22.6. The number of esters is 1. The summed E-state index contributed by atoms with van der Waals surface area (Å²) in [4.78, 5) is 49.5. The van der Waals surface area contributed by atoms with Gasteiger partial charge in [0.2, 0.25) is 11.8 Å². The number of benzene rings is 1. The number of nitro groups is 1. The number of rotatable bonds is 4. The number of nitrogens with one attached hydrogen (secondary N) is 1. The minimum absolute atomic E-state index is 0.102. The summed E-state index contributed by atoms with van der Waals surface area (Å²) >= 11 is 5.86. The van der Waals surface area contributed by atoms with Gasteiger partial charge in [-0.1, -0.05) is 17.7 Å². The lowest BCUT2D eigenvalue weighted by Gasteiger charge is -2.42. The van der Waals surface area contributed by atoms with Crippen LogP contribution in [0.2, 0.25) is 5.02 Å². The molecule has 1 saturated heterocycles. The summed E-state index contributed by atoms with van der Waals surface area (Å²) in [5.41, 5.74) is 4.71. The Balaban J connectivity index is 2.55. The Bertz CT molecular complexity index is 851. The number of amides is 2. The summed E-state index contributed by atoms with van der Waals surface area (Å²) in [6.45, 7) is 6.41. The van der Waals surface area contributed by atoms with Crippen LogP contribution >= 0.6 is 11.6 Å². The molecule has 29 heavy (non-hydrogen) atoms. The fourth-order valence-corrected chi connectivity index (χ4v) is 3.09. The molecule has 1 aliphatic rings. The van der Waals surface area contributed by atoms with E-state index in [0.717, 1.165) is 11.0 Å². The predicted octanol–water partition coefficient (Wildman–Crippen LogP) is 1.65. The quantitative estimate of drug-likeness (QED) is 0.423. The zero-order valence-corrected chi connectivity index (χ0v) is 17.2. The predicted molar refractivity (Wildman–Crippen MR) is 104 cm³/mol. The zero-order valence-electron chi connectivity index (χ0n) is 16.5. The van der Waals surface area contributed by atoms with E-state index in [2.05, 4.69) is 5.32 Å². The maximum Gasteiger partial charge on any atom is 0.330 e. The normalized spacial score (nSPS) is 20.6. The van der Waals surface area contributed by atoms with Crippen molar-refractivity contribution in [3.8, 4) is 0 Å². The van der Waals surface area contributed by atoms with E-state index in [1.165, 1.54) is 19.1 Å². The van der Waals surface area contributed by atoms with Crippen molar-refractivity contribution in [2.45, 2.75) is 58.0 Å². The van der Waals surface area contributed by atoms with E-state index in [-0.39, 0.29) is 17.0 Å². The topological polar surface area (TPSA) is 145 Å². The lowest BCUT2D eigenvalue weighted by atomic mass is 10.0. The number of carbonyl (C=O) groups is 3. The minimum Gasteiger partial charge on any atom is -0.458 e. The Hall–Kier alpha value is -2.72. The number of nitro benzene ring substituents is 1. The second-order valence-corrected chi connectivity index (χ2v) is 8.13. The van der Waals surface area contributed by atoms with Crippen LogP contribution in [-0.2, 0) is 19.1 Å². The lowest BCUT2D eigenvalue weighted by molar-refractivity contribution is -0.384. The number of hydrogen-bond donors (Lipinski definition) is 2.